The number of carbonyl (C=O) groups is 1. The standard InChI is InChI=1S/C13H17N3O/c1-4-15(5-2)16-13(10(3)17)11-8-6-7-9-12(11)14-16/h6-9H,4-5H2,1-3H3. The first-order chi connectivity index (χ1) is 8.19. The van der Waals surface area contributed by atoms with Crippen LogP contribution in [0.5, 0.6) is 0 Å². The van der Waals surface area contributed by atoms with Gasteiger partial charge in [0.05, 0.1) is 5.52 Å². The Morgan fingerprint density at radius 1 is 1.29 bits per heavy atom. The Kier molecular flexibility index (Phi) is 3.13. The van der Waals surface area contributed by atoms with Gasteiger partial charge in [-0.25, -0.2) is 0 Å². The molecule has 0 aliphatic rings. The van der Waals surface area contributed by atoms with Crippen molar-refractivity contribution in [3.8, 4) is 0 Å². The normalized spacial score (nSPS) is 10.8. The van der Waals surface area contributed by atoms with Crippen molar-refractivity contribution in [1.82, 2.24) is 9.89 Å². The number of hydrogen-bond acceptors (Lipinski definition) is 3. The molecule has 1 heterocycles. The first kappa shape index (κ1) is 11.6. The molecule has 0 amide bonds. The van der Waals surface area contributed by atoms with E-state index in [4.69, 9.17) is 0 Å². The van der Waals surface area contributed by atoms with Crippen LogP contribution in [0.25, 0.3) is 10.9 Å². The number of ketones is 1. The zero-order valence-corrected chi connectivity index (χ0v) is 10.5. The highest BCUT2D eigenvalue weighted by Crippen LogP contribution is 2.18. The molecule has 2 rings (SSSR count). The van der Waals surface area contributed by atoms with Crippen LogP contribution in [0.3, 0.4) is 0 Å². The second-order valence-electron chi connectivity index (χ2n) is 3.95. The quantitative estimate of drug-likeness (QED) is 0.757. The van der Waals surface area contributed by atoms with E-state index in [-0.39, 0.29) is 5.78 Å². The summed E-state index contributed by atoms with van der Waals surface area (Å²) in [5, 5.41) is 7.46. The van der Waals surface area contributed by atoms with E-state index in [0.717, 1.165) is 24.0 Å². The molecule has 0 fully saturated rings. The van der Waals surface area contributed by atoms with Crippen LogP contribution in [-0.2, 0) is 0 Å². The SMILES string of the molecule is CCN(CC)n1nc2ccccc2c1C(C)=O. The Morgan fingerprint density at radius 2 is 1.94 bits per heavy atom. The Bertz CT molecular complexity index is 541. The van der Waals surface area contributed by atoms with Crippen molar-refractivity contribution in [3.63, 3.8) is 0 Å². The van der Waals surface area contributed by atoms with Gasteiger partial charge in [0.15, 0.2) is 5.78 Å². The fourth-order valence-electron chi connectivity index (χ4n) is 2.05. The fraction of sp³-hybridized carbons (Fsp3) is 0.385. The predicted octanol–water partition coefficient (Wildman–Crippen LogP) is 2.22. The van der Waals surface area contributed by atoms with Crippen molar-refractivity contribution >= 4 is 16.7 Å². The first-order valence-electron chi connectivity index (χ1n) is 5.93. The molecule has 2 aromatic rings. The molecular formula is C13H17N3O. The number of Topliss-reactive ketones (excluding diaryl/α,β-unsaturated/α-hetero) is 1. The number of hydrogen-bond donors (Lipinski definition) is 0. The molecule has 4 heteroatoms. The molecule has 0 aliphatic carbocycles. The van der Waals surface area contributed by atoms with Gasteiger partial charge in [-0.2, -0.15) is 9.89 Å². The van der Waals surface area contributed by atoms with Crippen LogP contribution in [0.4, 0.5) is 0 Å². The molecule has 4 nitrogen and oxygen atoms in total. The largest absolute Gasteiger partial charge is 0.297 e. The topological polar surface area (TPSA) is 38.1 Å². The average Bonchev–Trinajstić information content (AvgIpc) is 2.69. The zero-order chi connectivity index (χ0) is 12.4. The lowest BCUT2D eigenvalue weighted by molar-refractivity contribution is 0.100. The summed E-state index contributed by atoms with van der Waals surface area (Å²) in [5.74, 6) is 0.0469. The molecule has 0 radical (unpaired) electrons. The molecule has 0 unspecified atom stereocenters. The summed E-state index contributed by atoms with van der Waals surface area (Å²) >= 11 is 0. The minimum atomic E-state index is 0.0469. The second-order valence-corrected chi connectivity index (χ2v) is 3.95. The van der Waals surface area contributed by atoms with Gasteiger partial charge in [0.25, 0.3) is 0 Å². The highest BCUT2D eigenvalue weighted by Gasteiger charge is 2.17. The fourth-order valence-corrected chi connectivity index (χ4v) is 2.05. The van der Waals surface area contributed by atoms with E-state index in [1.807, 2.05) is 29.3 Å². The molecule has 0 N–H and O–H groups in total. The van der Waals surface area contributed by atoms with Gasteiger partial charge in [-0.3, -0.25) is 9.80 Å². The third-order valence-corrected chi connectivity index (χ3v) is 2.89. The summed E-state index contributed by atoms with van der Waals surface area (Å²) in [6, 6.07) is 7.75. The van der Waals surface area contributed by atoms with Crippen molar-refractivity contribution < 1.29 is 4.79 Å². The van der Waals surface area contributed by atoms with Gasteiger partial charge < -0.3 is 0 Å². The Hall–Kier alpha value is -1.84. The summed E-state index contributed by atoms with van der Waals surface area (Å²) in [6.45, 7) is 7.35. The van der Waals surface area contributed by atoms with Crippen molar-refractivity contribution in [1.29, 1.82) is 0 Å². The Labute approximate surface area is 101 Å². The highest BCUT2D eigenvalue weighted by molar-refractivity contribution is 6.05. The molecule has 0 spiro atoms. The van der Waals surface area contributed by atoms with Crippen LogP contribution in [0.15, 0.2) is 24.3 Å². The van der Waals surface area contributed by atoms with Gasteiger partial charge >= 0.3 is 0 Å². The number of rotatable bonds is 4. The summed E-state index contributed by atoms with van der Waals surface area (Å²) < 4.78 is 0. The van der Waals surface area contributed by atoms with Gasteiger partial charge in [0.1, 0.15) is 5.69 Å². The van der Waals surface area contributed by atoms with Crippen molar-refractivity contribution in [2.45, 2.75) is 20.8 Å². The number of benzene rings is 1. The molecule has 0 saturated carbocycles. The van der Waals surface area contributed by atoms with Crippen molar-refractivity contribution in [2.24, 2.45) is 0 Å². The van der Waals surface area contributed by atoms with Crippen LogP contribution in [0.2, 0.25) is 0 Å². The third kappa shape index (κ3) is 1.90. The summed E-state index contributed by atoms with van der Waals surface area (Å²) in [5.41, 5.74) is 1.54. The minimum Gasteiger partial charge on any atom is -0.297 e. The van der Waals surface area contributed by atoms with E-state index < -0.39 is 0 Å². The molecule has 90 valence electrons. The molecule has 0 saturated heterocycles. The highest BCUT2D eigenvalue weighted by atomic mass is 16.1. The number of fused-ring (bicyclic) bond motifs is 1. The van der Waals surface area contributed by atoms with Gasteiger partial charge in [0.2, 0.25) is 0 Å². The minimum absolute atomic E-state index is 0.0469. The lowest BCUT2D eigenvalue weighted by Gasteiger charge is -2.22. The average molecular weight is 231 g/mol. The maximum atomic E-state index is 11.8. The Morgan fingerprint density at radius 3 is 2.53 bits per heavy atom. The lowest BCUT2D eigenvalue weighted by Crippen LogP contribution is -2.37. The van der Waals surface area contributed by atoms with E-state index in [9.17, 15) is 4.79 Å². The van der Waals surface area contributed by atoms with E-state index in [0.29, 0.717) is 5.69 Å². The lowest BCUT2D eigenvalue weighted by atomic mass is 10.2. The maximum absolute atomic E-state index is 11.8. The molecule has 0 bridgehead atoms. The number of nitrogens with zero attached hydrogens (tertiary/aromatic N) is 3. The smallest absolute Gasteiger partial charge is 0.180 e. The summed E-state index contributed by atoms with van der Waals surface area (Å²) in [7, 11) is 0. The van der Waals surface area contributed by atoms with Gasteiger partial charge in [-0.15, -0.1) is 0 Å². The summed E-state index contributed by atoms with van der Waals surface area (Å²) in [4.78, 5) is 13.5. The van der Waals surface area contributed by atoms with E-state index >= 15 is 0 Å². The van der Waals surface area contributed by atoms with Gasteiger partial charge in [-0.1, -0.05) is 18.2 Å². The van der Waals surface area contributed by atoms with Crippen LogP contribution in [-0.4, -0.2) is 28.8 Å². The molecular weight excluding hydrogens is 214 g/mol. The molecule has 1 aromatic heterocycles. The van der Waals surface area contributed by atoms with Crippen LogP contribution < -0.4 is 5.01 Å². The predicted molar refractivity (Wildman–Crippen MR) is 69.0 cm³/mol. The molecule has 1 aromatic carbocycles. The number of aromatic nitrogens is 2. The Balaban J connectivity index is 2.69. The van der Waals surface area contributed by atoms with Gasteiger partial charge in [0, 0.05) is 25.4 Å². The monoisotopic (exact) mass is 231 g/mol. The zero-order valence-electron chi connectivity index (χ0n) is 10.5. The maximum Gasteiger partial charge on any atom is 0.180 e. The van der Waals surface area contributed by atoms with Crippen LogP contribution in [0, 0.1) is 0 Å². The summed E-state index contributed by atoms with van der Waals surface area (Å²) in [6.07, 6.45) is 0. The number of carbonyl (C=O) groups excluding carboxylic acids is 1. The van der Waals surface area contributed by atoms with E-state index in [1.165, 1.54) is 0 Å². The molecule has 17 heavy (non-hydrogen) atoms. The van der Waals surface area contributed by atoms with Crippen LogP contribution >= 0.6 is 0 Å². The first-order valence-corrected chi connectivity index (χ1v) is 5.93. The van der Waals surface area contributed by atoms with Crippen molar-refractivity contribution in [2.75, 3.05) is 18.1 Å². The molecule has 0 atom stereocenters. The van der Waals surface area contributed by atoms with Gasteiger partial charge in [-0.05, 0) is 19.9 Å². The van der Waals surface area contributed by atoms with E-state index in [1.54, 1.807) is 11.7 Å². The van der Waals surface area contributed by atoms with Crippen LogP contribution in [0.1, 0.15) is 31.3 Å². The third-order valence-electron chi connectivity index (χ3n) is 2.89. The molecule has 0 aliphatic heterocycles. The second kappa shape index (κ2) is 4.57. The van der Waals surface area contributed by atoms with E-state index in [2.05, 4.69) is 18.9 Å². The van der Waals surface area contributed by atoms with Crippen molar-refractivity contribution in [3.05, 3.63) is 30.0 Å².